The van der Waals surface area contributed by atoms with Crippen LogP contribution in [0.2, 0.25) is 0 Å². The van der Waals surface area contributed by atoms with Crippen LogP contribution in [0.3, 0.4) is 0 Å². The number of rotatable bonds is 3. The Morgan fingerprint density at radius 1 is 1.67 bits per heavy atom. The molecule has 1 heterocycles. The molecule has 0 radical (unpaired) electrons. The summed E-state index contributed by atoms with van der Waals surface area (Å²) in [6.45, 7) is 0.567. The third kappa shape index (κ3) is 4.56. The van der Waals surface area contributed by atoms with Crippen LogP contribution in [0.5, 0.6) is 0 Å². The fourth-order valence-electron chi connectivity index (χ4n) is 0.970. The van der Waals surface area contributed by atoms with Gasteiger partial charge in [0.05, 0.1) is 0 Å². The van der Waals surface area contributed by atoms with E-state index in [1.54, 1.807) is 6.20 Å². The van der Waals surface area contributed by atoms with Crippen molar-refractivity contribution < 1.29 is 4.79 Å². The average Bonchev–Trinajstić information content (AvgIpc) is 3.13. The van der Waals surface area contributed by atoms with Gasteiger partial charge in [0, 0.05) is 25.7 Å². The first-order chi connectivity index (χ1) is 7.30. The number of nitrogens with two attached hydrogens (primary N) is 1. The van der Waals surface area contributed by atoms with Gasteiger partial charge in [-0.15, -0.1) is 0 Å². The molecule has 1 aliphatic rings. The number of carbonyl (C=O) groups is 1. The minimum atomic E-state index is 0.454. The Morgan fingerprint density at radius 2 is 2.40 bits per heavy atom. The van der Waals surface area contributed by atoms with Gasteiger partial charge in [0.1, 0.15) is 12.1 Å². The van der Waals surface area contributed by atoms with E-state index in [9.17, 15) is 4.79 Å². The molecular weight excluding hydrogens is 190 g/mol. The lowest BCUT2D eigenvalue weighted by Crippen LogP contribution is -1.98. The van der Waals surface area contributed by atoms with Crippen molar-refractivity contribution in [1.29, 1.82) is 0 Å². The van der Waals surface area contributed by atoms with Crippen LogP contribution in [0.4, 0.5) is 5.82 Å². The molecule has 0 aliphatic heterocycles. The summed E-state index contributed by atoms with van der Waals surface area (Å²) in [5.41, 5.74) is 6.51. The molecule has 0 amide bonds. The summed E-state index contributed by atoms with van der Waals surface area (Å²) in [5, 5.41) is 2.94. The van der Waals surface area contributed by atoms with E-state index in [1.165, 1.54) is 0 Å². The van der Waals surface area contributed by atoms with Crippen LogP contribution in [0.15, 0.2) is 18.3 Å². The Hall–Kier alpha value is -1.42. The van der Waals surface area contributed by atoms with Crippen molar-refractivity contribution in [2.24, 2.45) is 11.7 Å². The predicted molar refractivity (Wildman–Crippen MR) is 60.5 cm³/mol. The molecular formula is C11H17N3O. The van der Waals surface area contributed by atoms with Gasteiger partial charge in [-0.2, -0.15) is 0 Å². The molecule has 1 aromatic rings. The van der Waals surface area contributed by atoms with Crippen molar-refractivity contribution >= 4 is 12.1 Å². The number of anilines is 1. The van der Waals surface area contributed by atoms with Crippen LogP contribution in [0.1, 0.15) is 18.4 Å². The summed E-state index contributed by atoms with van der Waals surface area (Å²) in [6, 6.07) is 3.83. The van der Waals surface area contributed by atoms with E-state index in [0.717, 1.165) is 30.5 Å². The summed E-state index contributed by atoms with van der Waals surface area (Å²) >= 11 is 0. The van der Waals surface area contributed by atoms with E-state index in [-0.39, 0.29) is 0 Å². The third-order valence-corrected chi connectivity index (χ3v) is 2.13. The minimum absolute atomic E-state index is 0.454. The standard InChI is InChI=1S/C7H11N3.C4H6O/c1-9-7-4-6(5-8)2-3-10-7;5-3-4-1-2-4/h2-4H,5,8H2,1H3,(H,9,10);3-4H,1-2H2. The largest absolute Gasteiger partial charge is 0.373 e. The Balaban J connectivity index is 0.000000187. The maximum absolute atomic E-state index is 9.57. The predicted octanol–water partition coefficient (Wildman–Crippen LogP) is 1.18. The second-order valence-corrected chi connectivity index (χ2v) is 3.48. The van der Waals surface area contributed by atoms with Gasteiger partial charge in [0.15, 0.2) is 0 Å². The maximum atomic E-state index is 9.57. The van der Waals surface area contributed by atoms with Gasteiger partial charge in [-0.3, -0.25) is 0 Å². The summed E-state index contributed by atoms with van der Waals surface area (Å²) < 4.78 is 0. The van der Waals surface area contributed by atoms with E-state index >= 15 is 0 Å². The molecule has 0 spiro atoms. The molecule has 0 saturated heterocycles. The highest BCUT2D eigenvalue weighted by Crippen LogP contribution is 2.25. The smallest absolute Gasteiger partial charge is 0.125 e. The number of hydrogen-bond donors (Lipinski definition) is 2. The molecule has 0 bridgehead atoms. The van der Waals surface area contributed by atoms with Crippen molar-refractivity contribution in [1.82, 2.24) is 4.98 Å². The Bertz CT molecular complexity index is 291. The van der Waals surface area contributed by atoms with E-state index in [2.05, 4.69) is 10.3 Å². The molecule has 1 aromatic heterocycles. The second kappa shape index (κ2) is 6.14. The molecule has 0 atom stereocenters. The van der Waals surface area contributed by atoms with Crippen molar-refractivity contribution in [3.63, 3.8) is 0 Å². The summed E-state index contributed by atoms with van der Waals surface area (Å²) in [5.74, 6) is 1.32. The zero-order chi connectivity index (χ0) is 11.1. The molecule has 4 nitrogen and oxygen atoms in total. The van der Waals surface area contributed by atoms with Crippen LogP contribution in [0.25, 0.3) is 0 Å². The number of aromatic nitrogens is 1. The molecule has 82 valence electrons. The SMILES string of the molecule is CNc1cc(CN)ccn1.O=CC1CC1. The quantitative estimate of drug-likeness (QED) is 0.730. The number of nitrogens with one attached hydrogen (secondary N) is 1. The zero-order valence-corrected chi connectivity index (χ0v) is 8.94. The molecule has 4 heteroatoms. The van der Waals surface area contributed by atoms with Gasteiger partial charge < -0.3 is 15.8 Å². The van der Waals surface area contributed by atoms with Crippen molar-refractivity contribution in [2.75, 3.05) is 12.4 Å². The van der Waals surface area contributed by atoms with Crippen LogP contribution in [0, 0.1) is 5.92 Å². The lowest BCUT2D eigenvalue weighted by atomic mass is 10.3. The van der Waals surface area contributed by atoms with Gasteiger partial charge in [0.25, 0.3) is 0 Å². The molecule has 15 heavy (non-hydrogen) atoms. The van der Waals surface area contributed by atoms with Gasteiger partial charge in [-0.25, -0.2) is 4.98 Å². The minimum Gasteiger partial charge on any atom is -0.373 e. The van der Waals surface area contributed by atoms with Crippen LogP contribution >= 0.6 is 0 Å². The zero-order valence-electron chi connectivity index (χ0n) is 8.94. The van der Waals surface area contributed by atoms with Crippen LogP contribution < -0.4 is 11.1 Å². The van der Waals surface area contributed by atoms with Crippen molar-refractivity contribution in [3.8, 4) is 0 Å². The van der Waals surface area contributed by atoms with Gasteiger partial charge in [0.2, 0.25) is 0 Å². The first-order valence-electron chi connectivity index (χ1n) is 5.08. The normalized spacial score (nSPS) is 13.7. The first kappa shape index (κ1) is 11.7. The fourth-order valence-corrected chi connectivity index (χ4v) is 0.970. The molecule has 0 aromatic carbocycles. The highest BCUT2D eigenvalue weighted by Gasteiger charge is 2.18. The summed E-state index contributed by atoms with van der Waals surface area (Å²) in [6.07, 6.45) is 5.06. The fraction of sp³-hybridized carbons (Fsp3) is 0.455. The monoisotopic (exact) mass is 207 g/mol. The number of nitrogens with zero attached hydrogens (tertiary/aromatic N) is 1. The number of hydrogen-bond acceptors (Lipinski definition) is 4. The molecule has 2 rings (SSSR count). The molecule has 1 saturated carbocycles. The highest BCUT2D eigenvalue weighted by molar-refractivity contribution is 5.56. The number of aldehydes is 1. The van der Waals surface area contributed by atoms with E-state index in [4.69, 9.17) is 5.73 Å². The Morgan fingerprint density at radius 3 is 2.80 bits per heavy atom. The summed E-state index contributed by atoms with van der Waals surface area (Å²) in [4.78, 5) is 13.6. The number of pyridine rings is 1. The Labute approximate surface area is 89.9 Å². The molecule has 0 unspecified atom stereocenters. The van der Waals surface area contributed by atoms with Crippen LogP contribution in [-0.4, -0.2) is 18.3 Å². The first-order valence-corrected chi connectivity index (χ1v) is 5.08. The topological polar surface area (TPSA) is 68.0 Å². The molecule has 1 aliphatic carbocycles. The van der Waals surface area contributed by atoms with Crippen molar-refractivity contribution in [2.45, 2.75) is 19.4 Å². The van der Waals surface area contributed by atoms with Crippen LogP contribution in [-0.2, 0) is 11.3 Å². The second-order valence-electron chi connectivity index (χ2n) is 3.48. The summed E-state index contributed by atoms with van der Waals surface area (Å²) in [7, 11) is 1.84. The van der Waals surface area contributed by atoms with E-state index < -0.39 is 0 Å². The van der Waals surface area contributed by atoms with Gasteiger partial charge in [-0.05, 0) is 30.5 Å². The van der Waals surface area contributed by atoms with E-state index in [0.29, 0.717) is 12.5 Å². The van der Waals surface area contributed by atoms with Crippen molar-refractivity contribution in [3.05, 3.63) is 23.9 Å². The molecule has 1 fully saturated rings. The third-order valence-electron chi connectivity index (χ3n) is 2.13. The maximum Gasteiger partial charge on any atom is 0.125 e. The highest BCUT2D eigenvalue weighted by atomic mass is 16.1. The average molecular weight is 207 g/mol. The number of carbonyl (C=O) groups excluding carboxylic acids is 1. The van der Waals surface area contributed by atoms with Gasteiger partial charge in [-0.1, -0.05) is 0 Å². The lowest BCUT2D eigenvalue weighted by Gasteiger charge is -1.99. The molecule has 3 N–H and O–H groups in total. The lowest BCUT2D eigenvalue weighted by molar-refractivity contribution is -0.108. The van der Waals surface area contributed by atoms with Gasteiger partial charge >= 0.3 is 0 Å². The van der Waals surface area contributed by atoms with E-state index in [1.807, 2.05) is 19.2 Å². The Kier molecular flexibility index (Phi) is 4.77.